The van der Waals surface area contributed by atoms with Gasteiger partial charge in [-0.3, -0.25) is 14.4 Å². The second-order valence-corrected chi connectivity index (χ2v) is 7.65. The van der Waals surface area contributed by atoms with E-state index in [0.717, 1.165) is 23.6 Å². The summed E-state index contributed by atoms with van der Waals surface area (Å²) in [6.45, 7) is 3.11. The van der Waals surface area contributed by atoms with Gasteiger partial charge in [0.05, 0.1) is 11.7 Å². The van der Waals surface area contributed by atoms with Crippen LogP contribution in [0.2, 0.25) is 0 Å². The summed E-state index contributed by atoms with van der Waals surface area (Å²) in [7, 11) is 0. The van der Waals surface area contributed by atoms with Crippen LogP contribution >= 0.6 is 11.3 Å². The molecule has 2 aromatic rings. The van der Waals surface area contributed by atoms with Crippen molar-refractivity contribution in [3.8, 4) is 5.75 Å². The van der Waals surface area contributed by atoms with Gasteiger partial charge in [-0.1, -0.05) is 5.16 Å². The fourth-order valence-electron chi connectivity index (χ4n) is 2.58. The maximum absolute atomic E-state index is 12.7. The van der Waals surface area contributed by atoms with Gasteiger partial charge in [0.1, 0.15) is 17.4 Å². The summed E-state index contributed by atoms with van der Waals surface area (Å²) in [5.41, 5.74) is 4.14. The van der Waals surface area contributed by atoms with Crippen molar-refractivity contribution < 1.29 is 24.7 Å². The Morgan fingerprint density at radius 1 is 1.52 bits per heavy atom. The van der Waals surface area contributed by atoms with E-state index in [1.807, 2.05) is 0 Å². The van der Waals surface area contributed by atoms with Crippen molar-refractivity contribution in [2.24, 2.45) is 5.16 Å². The molecule has 1 atom stereocenters. The number of hydrogen-bond donors (Lipinski definition) is 5. The number of amides is 2. The molecule has 0 aliphatic carbocycles. The zero-order valence-corrected chi connectivity index (χ0v) is 16.2. The molecule has 13 heteroatoms. The monoisotopic (exact) mass is 422 g/mol. The Kier molecular flexibility index (Phi) is 5.16. The summed E-state index contributed by atoms with van der Waals surface area (Å²) < 4.78 is 0.494. The van der Waals surface area contributed by atoms with Crippen LogP contribution in [0.3, 0.4) is 0 Å². The number of oxime groups is 1. The van der Waals surface area contributed by atoms with Crippen molar-refractivity contribution in [2.75, 3.05) is 5.73 Å². The lowest BCUT2D eigenvalue weighted by atomic mass is 9.85. The predicted molar refractivity (Wildman–Crippen MR) is 102 cm³/mol. The number of nitrogens with one attached hydrogen (secondary N) is 2. The Bertz CT molecular complexity index is 1060. The van der Waals surface area contributed by atoms with E-state index < -0.39 is 35.3 Å². The van der Waals surface area contributed by atoms with Crippen LogP contribution in [0.4, 0.5) is 5.13 Å². The standard InChI is InChI=1S/C16H18N6O6S/c1-16(2)12(14(26)20-16)19-13(25)11(8-6-29-15(17)18-8)21-28-5-7-3-9(23)10(24)4-22(7)27/h3-4,6,12,24,27H,5H2,1-2H3,(H2,17,18)(H,19,25)(H,20,26)/b21-11-/t12-/m1/s1. The second-order valence-electron chi connectivity index (χ2n) is 6.76. The van der Waals surface area contributed by atoms with E-state index in [2.05, 4.69) is 20.8 Å². The molecule has 2 amide bonds. The molecule has 0 radical (unpaired) electrons. The molecule has 12 nitrogen and oxygen atoms in total. The molecule has 1 fully saturated rings. The number of nitrogens with zero attached hydrogens (tertiary/aromatic N) is 3. The normalized spacial score (nSPS) is 17.9. The minimum absolute atomic E-state index is 0.0198. The van der Waals surface area contributed by atoms with Gasteiger partial charge >= 0.3 is 0 Å². The molecule has 3 rings (SSSR count). The molecule has 1 aliphatic heterocycles. The smallest absolute Gasteiger partial charge is 0.276 e. The second kappa shape index (κ2) is 7.43. The van der Waals surface area contributed by atoms with Gasteiger partial charge in [0.25, 0.3) is 5.91 Å². The minimum atomic E-state index is -0.768. The largest absolute Gasteiger partial charge is 0.503 e. The number of pyridine rings is 1. The molecular formula is C16H18N6O6S. The van der Waals surface area contributed by atoms with E-state index in [1.165, 1.54) is 5.38 Å². The zero-order valence-electron chi connectivity index (χ0n) is 15.4. The molecular weight excluding hydrogens is 404 g/mol. The summed E-state index contributed by atoms with van der Waals surface area (Å²) in [6, 6.07) is 0.183. The maximum atomic E-state index is 12.7. The Morgan fingerprint density at radius 3 is 2.83 bits per heavy atom. The number of aromatic hydroxyl groups is 1. The lowest BCUT2D eigenvalue weighted by Crippen LogP contribution is -2.75. The van der Waals surface area contributed by atoms with Crippen molar-refractivity contribution in [3.05, 3.63) is 39.3 Å². The number of anilines is 1. The van der Waals surface area contributed by atoms with E-state index in [4.69, 9.17) is 10.6 Å². The number of nitrogens with two attached hydrogens (primary N) is 1. The first-order valence-corrected chi connectivity index (χ1v) is 9.14. The van der Waals surface area contributed by atoms with Gasteiger partial charge in [-0.2, -0.15) is 4.73 Å². The van der Waals surface area contributed by atoms with E-state index in [9.17, 15) is 24.7 Å². The van der Waals surface area contributed by atoms with E-state index in [-0.39, 0.29) is 28.1 Å². The number of hydrogen-bond acceptors (Lipinski definition) is 10. The molecule has 2 aromatic heterocycles. The van der Waals surface area contributed by atoms with Crippen LogP contribution in [0.5, 0.6) is 5.75 Å². The quantitative estimate of drug-likeness (QED) is 0.173. The van der Waals surface area contributed by atoms with Gasteiger partial charge in [-0.15, -0.1) is 11.3 Å². The van der Waals surface area contributed by atoms with Gasteiger partial charge in [0.2, 0.25) is 11.3 Å². The summed E-state index contributed by atoms with van der Waals surface area (Å²) in [5.74, 6) is -1.69. The predicted octanol–water partition coefficient (Wildman–Crippen LogP) is -0.856. The molecule has 6 N–H and O–H groups in total. The Morgan fingerprint density at radius 2 is 2.24 bits per heavy atom. The number of carbonyl (C=O) groups excluding carboxylic acids is 2. The minimum Gasteiger partial charge on any atom is -0.503 e. The number of rotatable bonds is 6. The maximum Gasteiger partial charge on any atom is 0.276 e. The molecule has 29 heavy (non-hydrogen) atoms. The molecule has 0 bridgehead atoms. The average Bonchev–Trinajstić information content (AvgIpc) is 3.06. The lowest BCUT2D eigenvalue weighted by molar-refractivity contribution is -0.138. The van der Waals surface area contributed by atoms with Gasteiger partial charge in [0, 0.05) is 11.4 Å². The van der Waals surface area contributed by atoms with Crippen molar-refractivity contribution in [1.29, 1.82) is 0 Å². The molecule has 0 saturated carbocycles. The van der Waals surface area contributed by atoms with Crippen LogP contribution in [0, 0.1) is 0 Å². The highest BCUT2D eigenvalue weighted by Crippen LogP contribution is 2.20. The fraction of sp³-hybridized carbons (Fsp3) is 0.312. The number of carbonyl (C=O) groups is 2. The van der Waals surface area contributed by atoms with Gasteiger partial charge in [-0.05, 0) is 13.8 Å². The van der Waals surface area contributed by atoms with Crippen LogP contribution < -0.4 is 21.8 Å². The zero-order chi connectivity index (χ0) is 21.3. The van der Waals surface area contributed by atoms with Crippen LogP contribution in [-0.4, -0.2) is 49.1 Å². The molecule has 0 aromatic carbocycles. The first kappa shape index (κ1) is 20.1. The molecule has 0 spiro atoms. The number of β-lactam (4-membered cyclic amide) rings is 1. The first-order valence-electron chi connectivity index (χ1n) is 8.26. The fourth-order valence-corrected chi connectivity index (χ4v) is 3.13. The van der Waals surface area contributed by atoms with E-state index in [1.54, 1.807) is 13.8 Å². The van der Waals surface area contributed by atoms with Crippen LogP contribution in [0.1, 0.15) is 25.2 Å². The third-order valence-electron chi connectivity index (χ3n) is 4.14. The Labute approximate surface area is 167 Å². The van der Waals surface area contributed by atoms with Crippen LogP contribution in [-0.2, 0) is 21.0 Å². The molecule has 1 saturated heterocycles. The number of aromatic nitrogens is 2. The summed E-state index contributed by atoms with van der Waals surface area (Å²) in [5, 5.41) is 29.6. The molecule has 0 unspecified atom stereocenters. The van der Waals surface area contributed by atoms with Gasteiger partial charge < -0.3 is 31.5 Å². The van der Waals surface area contributed by atoms with Crippen LogP contribution in [0.25, 0.3) is 0 Å². The molecule has 3 heterocycles. The highest BCUT2D eigenvalue weighted by molar-refractivity contribution is 7.13. The third-order valence-corrected chi connectivity index (χ3v) is 4.82. The highest BCUT2D eigenvalue weighted by Gasteiger charge is 2.47. The molecule has 1 aliphatic rings. The molecule has 154 valence electrons. The van der Waals surface area contributed by atoms with Crippen molar-refractivity contribution in [1.82, 2.24) is 20.3 Å². The SMILES string of the molecule is CC1(C)NC(=O)[C@H]1NC(=O)/C(=N\OCc1cc(=O)c(O)cn1O)c1csc(N)n1. The third kappa shape index (κ3) is 4.13. The first-order chi connectivity index (χ1) is 13.6. The van der Waals surface area contributed by atoms with E-state index in [0.29, 0.717) is 4.73 Å². The number of thiazole rings is 1. The highest BCUT2D eigenvalue weighted by atomic mass is 32.1. The van der Waals surface area contributed by atoms with Crippen molar-refractivity contribution >= 4 is 34.0 Å². The average molecular weight is 422 g/mol. The topological polar surface area (TPSA) is 181 Å². The summed E-state index contributed by atoms with van der Waals surface area (Å²) >= 11 is 1.08. The van der Waals surface area contributed by atoms with Crippen LogP contribution in [0.15, 0.2) is 27.6 Å². The summed E-state index contributed by atoms with van der Waals surface area (Å²) in [4.78, 5) is 45.0. The lowest BCUT2D eigenvalue weighted by Gasteiger charge is -2.44. The van der Waals surface area contributed by atoms with Gasteiger partial charge in [-0.25, -0.2) is 4.98 Å². The van der Waals surface area contributed by atoms with Gasteiger partial charge in [0.15, 0.2) is 23.2 Å². The number of nitrogen functional groups attached to an aromatic ring is 1. The Balaban J connectivity index is 1.80. The summed E-state index contributed by atoms with van der Waals surface area (Å²) in [6.07, 6.45) is 0.802. The van der Waals surface area contributed by atoms with E-state index >= 15 is 0 Å². The van der Waals surface area contributed by atoms with Crippen molar-refractivity contribution in [3.63, 3.8) is 0 Å². The Hall–Kier alpha value is -3.61. The van der Waals surface area contributed by atoms with Crippen molar-refractivity contribution in [2.45, 2.75) is 32.0 Å².